The number of rotatable bonds is 6. The molecule has 2 aromatic carbocycles. The first kappa shape index (κ1) is 20.4. The van der Waals surface area contributed by atoms with E-state index < -0.39 is 0 Å². The Morgan fingerprint density at radius 3 is 2.67 bits per heavy atom. The third kappa shape index (κ3) is 3.80. The molecule has 5 rings (SSSR count). The van der Waals surface area contributed by atoms with Crippen molar-refractivity contribution in [3.8, 4) is 33.8 Å². The van der Waals surface area contributed by atoms with E-state index >= 15 is 0 Å². The van der Waals surface area contributed by atoms with E-state index in [9.17, 15) is 4.79 Å². The molecule has 0 saturated carbocycles. The summed E-state index contributed by atoms with van der Waals surface area (Å²) in [6.07, 6.45) is 7.00. The molecule has 0 radical (unpaired) electrons. The largest absolute Gasteiger partial charge is 0.497 e. The maximum absolute atomic E-state index is 13.3. The number of nitrogens with zero attached hydrogens (tertiary/aromatic N) is 1. The summed E-state index contributed by atoms with van der Waals surface area (Å²) >= 11 is 0. The van der Waals surface area contributed by atoms with E-state index in [4.69, 9.17) is 13.9 Å². The van der Waals surface area contributed by atoms with Gasteiger partial charge >= 0.3 is 0 Å². The standard InChI is InChI=1S/C26H21N3O4/c1-31-18-7-8-23(24(12-18)32-2)29-26(30)20-6-4-3-5-19(20)17-11-21-22(16-9-10-33-15-16)14-28-25(21)27-13-17/h3-15H,1-2H3,(H,27,28)(H,29,30). The third-order valence-corrected chi connectivity index (χ3v) is 5.50. The van der Waals surface area contributed by atoms with Crippen molar-refractivity contribution in [3.63, 3.8) is 0 Å². The van der Waals surface area contributed by atoms with Crippen molar-refractivity contribution in [3.05, 3.63) is 85.1 Å². The normalized spacial score (nSPS) is 10.8. The number of aromatic amines is 1. The number of furan rings is 1. The van der Waals surface area contributed by atoms with Crippen LogP contribution in [0.4, 0.5) is 5.69 Å². The lowest BCUT2D eigenvalue weighted by molar-refractivity contribution is 0.102. The van der Waals surface area contributed by atoms with Crippen LogP contribution in [0.2, 0.25) is 0 Å². The molecule has 1 amide bonds. The van der Waals surface area contributed by atoms with E-state index in [-0.39, 0.29) is 5.91 Å². The summed E-state index contributed by atoms with van der Waals surface area (Å²) in [5.74, 6) is 0.906. The van der Waals surface area contributed by atoms with E-state index in [1.807, 2.05) is 36.5 Å². The summed E-state index contributed by atoms with van der Waals surface area (Å²) in [5.41, 5.74) is 5.39. The molecule has 0 fully saturated rings. The molecule has 0 aliphatic heterocycles. The summed E-state index contributed by atoms with van der Waals surface area (Å²) in [6, 6.07) is 16.6. The Morgan fingerprint density at radius 2 is 1.88 bits per heavy atom. The van der Waals surface area contributed by atoms with Gasteiger partial charge in [-0.15, -0.1) is 0 Å². The average molecular weight is 439 g/mol. The molecule has 7 heteroatoms. The number of hydrogen-bond acceptors (Lipinski definition) is 5. The second-order valence-electron chi connectivity index (χ2n) is 7.40. The minimum absolute atomic E-state index is 0.252. The van der Waals surface area contributed by atoms with Gasteiger partial charge in [-0.3, -0.25) is 4.79 Å². The molecule has 0 bridgehead atoms. The molecule has 0 saturated heterocycles. The molecule has 0 unspecified atom stereocenters. The highest BCUT2D eigenvalue weighted by Gasteiger charge is 2.17. The minimum Gasteiger partial charge on any atom is -0.497 e. The summed E-state index contributed by atoms with van der Waals surface area (Å²) in [6.45, 7) is 0. The van der Waals surface area contributed by atoms with Crippen LogP contribution in [0.1, 0.15) is 10.4 Å². The number of hydrogen-bond donors (Lipinski definition) is 2. The number of ether oxygens (including phenoxy) is 2. The van der Waals surface area contributed by atoms with Gasteiger partial charge in [0, 0.05) is 46.1 Å². The van der Waals surface area contributed by atoms with Crippen LogP contribution in [0.25, 0.3) is 33.3 Å². The van der Waals surface area contributed by atoms with Crippen LogP contribution < -0.4 is 14.8 Å². The first-order valence-electron chi connectivity index (χ1n) is 10.3. The molecule has 0 spiro atoms. The Balaban J connectivity index is 1.53. The fourth-order valence-electron chi connectivity index (χ4n) is 3.83. The van der Waals surface area contributed by atoms with Crippen molar-refractivity contribution < 1.29 is 18.7 Å². The van der Waals surface area contributed by atoms with Gasteiger partial charge < -0.3 is 24.2 Å². The number of benzene rings is 2. The van der Waals surface area contributed by atoms with Crippen LogP contribution in [-0.2, 0) is 0 Å². The van der Waals surface area contributed by atoms with Crippen molar-refractivity contribution in [2.45, 2.75) is 0 Å². The number of nitrogens with one attached hydrogen (secondary N) is 2. The number of H-pyrrole nitrogens is 1. The minimum atomic E-state index is -0.252. The highest BCUT2D eigenvalue weighted by atomic mass is 16.5. The molecule has 5 aromatic rings. The number of anilines is 1. The molecule has 7 nitrogen and oxygen atoms in total. The average Bonchev–Trinajstić information content (AvgIpc) is 3.53. The number of fused-ring (bicyclic) bond motifs is 1. The van der Waals surface area contributed by atoms with E-state index in [1.165, 1.54) is 0 Å². The summed E-state index contributed by atoms with van der Waals surface area (Å²) in [7, 11) is 3.13. The van der Waals surface area contributed by atoms with E-state index in [2.05, 4.69) is 15.3 Å². The van der Waals surface area contributed by atoms with Gasteiger partial charge in [0.25, 0.3) is 5.91 Å². The zero-order chi connectivity index (χ0) is 22.8. The first-order valence-corrected chi connectivity index (χ1v) is 10.3. The summed E-state index contributed by atoms with van der Waals surface area (Å²) < 4.78 is 15.9. The van der Waals surface area contributed by atoms with E-state index in [0.717, 1.165) is 33.3 Å². The maximum atomic E-state index is 13.3. The Bertz CT molecular complexity index is 1440. The van der Waals surface area contributed by atoms with Gasteiger partial charge in [-0.25, -0.2) is 4.98 Å². The maximum Gasteiger partial charge on any atom is 0.256 e. The van der Waals surface area contributed by atoms with Crippen molar-refractivity contribution in [2.75, 3.05) is 19.5 Å². The highest BCUT2D eigenvalue weighted by Crippen LogP contribution is 2.33. The number of pyridine rings is 1. The second kappa shape index (κ2) is 8.55. The highest BCUT2D eigenvalue weighted by molar-refractivity contribution is 6.09. The Labute approximate surface area is 190 Å². The third-order valence-electron chi connectivity index (χ3n) is 5.50. The van der Waals surface area contributed by atoms with Crippen molar-refractivity contribution in [2.24, 2.45) is 0 Å². The molecule has 0 aliphatic rings. The van der Waals surface area contributed by atoms with Gasteiger partial charge in [0.2, 0.25) is 0 Å². The fraction of sp³-hybridized carbons (Fsp3) is 0.0769. The molecule has 33 heavy (non-hydrogen) atoms. The lowest BCUT2D eigenvalue weighted by Crippen LogP contribution is -2.14. The van der Waals surface area contributed by atoms with Crippen molar-refractivity contribution in [1.29, 1.82) is 0 Å². The van der Waals surface area contributed by atoms with Gasteiger partial charge in [0.1, 0.15) is 17.1 Å². The topological polar surface area (TPSA) is 89.4 Å². The predicted octanol–water partition coefficient (Wildman–Crippen LogP) is 5.76. The van der Waals surface area contributed by atoms with Gasteiger partial charge in [-0.2, -0.15) is 0 Å². The smallest absolute Gasteiger partial charge is 0.256 e. The van der Waals surface area contributed by atoms with E-state index in [0.29, 0.717) is 22.7 Å². The SMILES string of the molecule is COc1ccc(NC(=O)c2ccccc2-c2cnc3[nH]cc(-c4ccoc4)c3c2)c(OC)c1. The summed E-state index contributed by atoms with van der Waals surface area (Å²) in [5, 5.41) is 3.89. The van der Waals surface area contributed by atoms with Gasteiger partial charge in [-0.05, 0) is 35.9 Å². The Kier molecular flexibility index (Phi) is 5.28. The molecule has 2 N–H and O–H groups in total. The van der Waals surface area contributed by atoms with Crippen molar-refractivity contribution >= 4 is 22.6 Å². The molecule has 0 aliphatic carbocycles. The quantitative estimate of drug-likeness (QED) is 0.351. The Morgan fingerprint density at radius 1 is 1.00 bits per heavy atom. The Hall–Kier alpha value is -4.52. The number of carbonyl (C=O) groups is 1. The lowest BCUT2D eigenvalue weighted by atomic mass is 9.98. The van der Waals surface area contributed by atoms with Crippen LogP contribution in [0.15, 0.2) is 83.9 Å². The van der Waals surface area contributed by atoms with Crippen LogP contribution in [-0.4, -0.2) is 30.1 Å². The first-order chi connectivity index (χ1) is 16.2. The van der Waals surface area contributed by atoms with Crippen LogP contribution >= 0.6 is 0 Å². The van der Waals surface area contributed by atoms with Crippen LogP contribution in [0.5, 0.6) is 11.5 Å². The number of carbonyl (C=O) groups excluding carboxylic acids is 1. The summed E-state index contributed by atoms with van der Waals surface area (Å²) in [4.78, 5) is 21.0. The number of methoxy groups -OCH3 is 2. The lowest BCUT2D eigenvalue weighted by Gasteiger charge is -2.14. The molecule has 0 atom stereocenters. The predicted molar refractivity (Wildman–Crippen MR) is 127 cm³/mol. The molecule has 3 heterocycles. The van der Waals surface area contributed by atoms with Crippen LogP contribution in [0, 0.1) is 0 Å². The van der Waals surface area contributed by atoms with Gasteiger partial charge in [0.05, 0.1) is 32.4 Å². The fourth-order valence-corrected chi connectivity index (χ4v) is 3.83. The van der Waals surface area contributed by atoms with Gasteiger partial charge in [0.15, 0.2) is 0 Å². The zero-order valence-electron chi connectivity index (χ0n) is 18.1. The second-order valence-corrected chi connectivity index (χ2v) is 7.40. The molecular weight excluding hydrogens is 418 g/mol. The number of aromatic nitrogens is 2. The molecule has 164 valence electrons. The van der Waals surface area contributed by atoms with E-state index in [1.54, 1.807) is 57.2 Å². The molecule has 3 aromatic heterocycles. The van der Waals surface area contributed by atoms with Crippen molar-refractivity contribution in [1.82, 2.24) is 9.97 Å². The van der Waals surface area contributed by atoms with Gasteiger partial charge in [-0.1, -0.05) is 18.2 Å². The monoisotopic (exact) mass is 439 g/mol. The zero-order valence-corrected chi connectivity index (χ0v) is 18.1. The molecular formula is C26H21N3O4. The van der Waals surface area contributed by atoms with Crippen LogP contribution in [0.3, 0.4) is 0 Å². The number of amides is 1.